The van der Waals surface area contributed by atoms with E-state index in [4.69, 9.17) is 14.2 Å². The average Bonchev–Trinajstić information content (AvgIpc) is 3.46. The van der Waals surface area contributed by atoms with Gasteiger partial charge in [0.15, 0.2) is 6.10 Å². The molecule has 456 valence electrons. The first kappa shape index (κ1) is 75.8. The van der Waals surface area contributed by atoms with Gasteiger partial charge in [-0.05, 0) is 109 Å². The van der Waals surface area contributed by atoms with Gasteiger partial charge in [-0.2, -0.15) is 0 Å². The number of unbranched alkanes of at least 4 members (excludes halogenated alkanes) is 29. The molecule has 0 spiro atoms. The van der Waals surface area contributed by atoms with Gasteiger partial charge in [0.1, 0.15) is 13.2 Å². The lowest BCUT2D eigenvalue weighted by Gasteiger charge is -2.18. The van der Waals surface area contributed by atoms with E-state index in [0.717, 1.165) is 128 Å². The maximum atomic E-state index is 12.9. The minimum atomic E-state index is -0.784. The number of rotatable bonds is 60. The van der Waals surface area contributed by atoms with Gasteiger partial charge in [0.25, 0.3) is 0 Å². The van der Waals surface area contributed by atoms with Crippen LogP contribution in [0.25, 0.3) is 0 Å². The van der Waals surface area contributed by atoms with Crippen molar-refractivity contribution in [2.75, 3.05) is 13.2 Å². The van der Waals surface area contributed by atoms with Gasteiger partial charge in [-0.1, -0.05) is 303 Å². The minimum Gasteiger partial charge on any atom is -0.462 e. The lowest BCUT2D eigenvalue weighted by molar-refractivity contribution is -0.167. The highest BCUT2D eigenvalue weighted by atomic mass is 16.6. The number of esters is 3. The van der Waals surface area contributed by atoms with E-state index in [1.54, 1.807) is 0 Å². The summed E-state index contributed by atoms with van der Waals surface area (Å²) < 4.78 is 16.9. The van der Waals surface area contributed by atoms with Crippen LogP contribution in [0.3, 0.4) is 0 Å². The van der Waals surface area contributed by atoms with Crippen LogP contribution in [0.5, 0.6) is 0 Å². The summed E-state index contributed by atoms with van der Waals surface area (Å²) >= 11 is 0. The first-order valence-electron chi connectivity index (χ1n) is 33.5. The molecule has 0 heterocycles. The van der Waals surface area contributed by atoms with E-state index >= 15 is 0 Å². The summed E-state index contributed by atoms with van der Waals surface area (Å²) in [6, 6.07) is 0. The Morgan fingerprint density at radius 2 is 0.487 bits per heavy atom. The number of ether oxygens (including phenoxy) is 3. The van der Waals surface area contributed by atoms with E-state index in [2.05, 4.69) is 142 Å². The fourth-order valence-electron chi connectivity index (χ4n) is 9.26. The molecule has 0 aromatic carbocycles. The predicted molar refractivity (Wildman–Crippen MR) is 348 cm³/mol. The van der Waals surface area contributed by atoms with Crippen LogP contribution >= 0.6 is 0 Å². The van der Waals surface area contributed by atoms with Crippen LogP contribution in [0.15, 0.2) is 122 Å². The Morgan fingerprint density at radius 3 is 0.762 bits per heavy atom. The molecular weight excluding hydrogens is 985 g/mol. The van der Waals surface area contributed by atoms with Crippen LogP contribution in [0.2, 0.25) is 0 Å². The van der Waals surface area contributed by atoms with Crippen molar-refractivity contribution in [3.05, 3.63) is 122 Å². The molecule has 0 aromatic heterocycles. The molecule has 0 bridgehead atoms. The second-order valence-corrected chi connectivity index (χ2v) is 22.0. The number of hydrogen-bond acceptors (Lipinski definition) is 6. The monoisotopic (exact) mass is 1110 g/mol. The van der Waals surface area contributed by atoms with E-state index in [1.807, 2.05) is 0 Å². The number of allylic oxidation sites excluding steroid dienone is 20. The van der Waals surface area contributed by atoms with Gasteiger partial charge in [-0.15, -0.1) is 0 Å². The Balaban J connectivity index is 4.15. The van der Waals surface area contributed by atoms with E-state index in [0.29, 0.717) is 19.3 Å². The standard InChI is InChI=1S/C74H124O6/c1-4-7-10-13-16-19-21-23-25-27-29-31-33-34-35-36-37-38-39-40-42-43-45-47-49-51-53-55-58-61-64-67-73(76)79-70-71(69-78-72(75)66-63-60-57-18-15-12-9-6-3)80-74(77)68-65-62-59-56-54-52-50-48-46-44-41-32-30-28-26-24-22-20-17-14-11-8-5-2/h7-8,10-11,16-17,19-20,23-26,29-32,34-35,44,46,71H,4-6,9,12-15,18,21-22,27-28,33,36-43,45,47-70H2,1-3H3/b10-7-,11-8-,19-16-,20-17-,25-23-,26-24-,31-29-,32-30-,35-34-,46-44-. The van der Waals surface area contributed by atoms with E-state index < -0.39 is 6.10 Å². The lowest BCUT2D eigenvalue weighted by Crippen LogP contribution is -2.30. The Kier molecular flexibility index (Phi) is 63.8. The summed E-state index contributed by atoms with van der Waals surface area (Å²) in [5.41, 5.74) is 0. The molecule has 0 saturated heterocycles. The van der Waals surface area contributed by atoms with E-state index in [-0.39, 0.29) is 31.1 Å². The average molecular weight is 1110 g/mol. The number of carbonyl (C=O) groups excluding carboxylic acids is 3. The summed E-state index contributed by atoms with van der Waals surface area (Å²) in [7, 11) is 0. The third-order valence-electron chi connectivity index (χ3n) is 14.2. The molecule has 0 amide bonds. The van der Waals surface area contributed by atoms with Gasteiger partial charge in [-0.3, -0.25) is 14.4 Å². The molecule has 0 aromatic rings. The Bertz CT molecular complexity index is 1650. The van der Waals surface area contributed by atoms with Crippen molar-refractivity contribution in [2.24, 2.45) is 0 Å². The highest BCUT2D eigenvalue weighted by Gasteiger charge is 2.19. The predicted octanol–water partition coefficient (Wildman–Crippen LogP) is 23.2. The summed E-state index contributed by atoms with van der Waals surface area (Å²) in [6.07, 6.45) is 93.7. The topological polar surface area (TPSA) is 78.9 Å². The SMILES string of the molecule is CC/C=C\C/C=C\C/C=C\C/C=C\C/C=C\CCCCCCCCCCCCCCCCCC(=O)OCC(COC(=O)CCCCCCCCCC)OC(=O)CCCCCCCCC/C=C\C/C=C\C/C=C\C/C=C\C/C=C\CC. The van der Waals surface area contributed by atoms with Crippen LogP contribution in [0.1, 0.15) is 310 Å². The molecule has 0 fully saturated rings. The van der Waals surface area contributed by atoms with Gasteiger partial charge < -0.3 is 14.2 Å². The normalized spacial score (nSPS) is 12.9. The zero-order chi connectivity index (χ0) is 57.8. The maximum Gasteiger partial charge on any atom is 0.306 e. The minimum absolute atomic E-state index is 0.0814. The fraction of sp³-hybridized carbons (Fsp3) is 0.689. The zero-order valence-corrected chi connectivity index (χ0v) is 52.3. The molecule has 0 saturated carbocycles. The van der Waals surface area contributed by atoms with Gasteiger partial charge in [0, 0.05) is 19.3 Å². The first-order valence-corrected chi connectivity index (χ1v) is 33.5. The molecular formula is C74H124O6. The quantitative estimate of drug-likeness (QED) is 0.0261. The molecule has 1 unspecified atom stereocenters. The van der Waals surface area contributed by atoms with Crippen molar-refractivity contribution in [2.45, 2.75) is 316 Å². The van der Waals surface area contributed by atoms with Gasteiger partial charge in [0.05, 0.1) is 0 Å². The van der Waals surface area contributed by atoms with E-state index in [1.165, 1.54) is 141 Å². The fourth-order valence-corrected chi connectivity index (χ4v) is 9.26. The van der Waals surface area contributed by atoms with Crippen molar-refractivity contribution in [1.82, 2.24) is 0 Å². The first-order chi connectivity index (χ1) is 39.5. The van der Waals surface area contributed by atoms with E-state index in [9.17, 15) is 14.4 Å². The lowest BCUT2D eigenvalue weighted by atomic mass is 10.0. The molecule has 0 aliphatic heterocycles. The Morgan fingerprint density at radius 1 is 0.263 bits per heavy atom. The highest BCUT2D eigenvalue weighted by Crippen LogP contribution is 2.16. The molecule has 0 radical (unpaired) electrons. The molecule has 0 rings (SSSR count). The number of hydrogen-bond donors (Lipinski definition) is 0. The molecule has 0 aliphatic rings. The molecule has 6 heteroatoms. The molecule has 0 N–H and O–H groups in total. The summed E-state index contributed by atoms with van der Waals surface area (Å²) in [5.74, 6) is -0.889. The van der Waals surface area contributed by atoms with Crippen LogP contribution in [0.4, 0.5) is 0 Å². The van der Waals surface area contributed by atoms with Crippen LogP contribution in [-0.4, -0.2) is 37.2 Å². The Hall–Kier alpha value is -4.19. The molecule has 1 atom stereocenters. The summed E-state index contributed by atoms with van der Waals surface area (Å²) in [6.45, 7) is 6.39. The summed E-state index contributed by atoms with van der Waals surface area (Å²) in [5, 5.41) is 0. The Labute approximate surface area is 494 Å². The summed E-state index contributed by atoms with van der Waals surface area (Å²) in [4.78, 5) is 38.2. The smallest absolute Gasteiger partial charge is 0.306 e. The number of carbonyl (C=O) groups is 3. The van der Waals surface area contributed by atoms with Crippen LogP contribution in [-0.2, 0) is 28.6 Å². The zero-order valence-electron chi connectivity index (χ0n) is 52.3. The van der Waals surface area contributed by atoms with Crippen LogP contribution in [0, 0.1) is 0 Å². The van der Waals surface area contributed by atoms with Crippen molar-refractivity contribution in [3.63, 3.8) is 0 Å². The highest BCUT2D eigenvalue weighted by molar-refractivity contribution is 5.71. The van der Waals surface area contributed by atoms with Gasteiger partial charge in [-0.25, -0.2) is 0 Å². The second-order valence-electron chi connectivity index (χ2n) is 22.0. The largest absolute Gasteiger partial charge is 0.462 e. The molecule has 6 nitrogen and oxygen atoms in total. The maximum absolute atomic E-state index is 12.9. The molecule has 0 aliphatic carbocycles. The van der Waals surface area contributed by atoms with Crippen molar-refractivity contribution in [1.29, 1.82) is 0 Å². The van der Waals surface area contributed by atoms with Crippen molar-refractivity contribution >= 4 is 17.9 Å². The third-order valence-corrected chi connectivity index (χ3v) is 14.2. The van der Waals surface area contributed by atoms with Gasteiger partial charge in [0.2, 0.25) is 0 Å². The van der Waals surface area contributed by atoms with Crippen molar-refractivity contribution in [3.8, 4) is 0 Å². The van der Waals surface area contributed by atoms with Crippen LogP contribution < -0.4 is 0 Å². The van der Waals surface area contributed by atoms with Crippen molar-refractivity contribution < 1.29 is 28.6 Å². The van der Waals surface area contributed by atoms with Gasteiger partial charge >= 0.3 is 17.9 Å². The third kappa shape index (κ3) is 64.6. The second kappa shape index (κ2) is 67.3. The molecule has 80 heavy (non-hydrogen) atoms.